The highest BCUT2D eigenvalue weighted by Crippen LogP contribution is 2.13. The van der Waals surface area contributed by atoms with Gasteiger partial charge in [-0.1, -0.05) is 11.6 Å². The first-order valence-electron chi connectivity index (χ1n) is 9.08. The first kappa shape index (κ1) is 22.4. The highest BCUT2D eigenvalue weighted by atomic mass is 35.5. The zero-order chi connectivity index (χ0) is 21.4. The van der Waals surface area contributed by atoms with Crippen LogP contribution in [0.2, 0.25) is 5.02 Å². The maximum Gasteiger partial charge on any atom is 0.338 e. The molecule has 0 aliphatic heterocycles. The number of carbonyl (C=O) groups excluding carboxylic acids is 3. The number of carbonyl (C=O) groups is 3. The lowest BCUT2D eigenvalue weighted by molar-refractivity contribution is -0.119. The Balaban J connectivity index is 1.79. The van der Waals surface area contributed by atoms with E-state index in [1.165, 1.54) is 0 Å². The molecule has 0 aliphatic rings. The maximum absolute atomic E-state index is 12.2. The number of ether oxygens (including phenoxy) is 1. The number of anilines is 2. The van der Waals surface area contributed by atoms with Crippen LogP contribution in [0, 0.1) is 0 Å². The van der Waals surface area contributed by atoms with Crippen LogP contribution >= 0.6 is 11.6 Å². The quantitative estimate of drug-likeness (QED) is 0.642. The lowest BCUT2D eigenvalue weighted by atomic mass is 10.2. The molecule has 0 aliphatic carbocycles. The zero-order valence-electron chi connectivity index (χ0n) is 16.6. The van der Waals surface area contributed by atoms with Gasteiger partial charge < -0.3 is 15.4 Å². The first-order chi connectivity index (χ1) is 13.7. The van der Waals surface area contributed by atoms with Gasteiger partial charge in [0.1, 0.15) is 0 Å². The minimum atomic E-state index is -0.413. The second-order valence-corrected chi connectivity index (χ2v) is 7.24. The first-order valence-corrected chi connectivity index (χ1v) is 9.45. The summed E-state index contributed by atoms with van der Waals surface area (Å²) in [6.45, 7) is 3.64. The molecule has 2 amide bonds. The van der Waals surface area contributed by atoms with Crippen molar-refractivity contribution < 1.29 is 19.1 Å². The molecule has 2 aromatic carbocycles. The number of nitrogens with zero attached hydrogens (tertiary/aromatic N) is 1. The van der Waals surface area contributed by atoms with E-state index in [1.807, 2.05) is 0 Å². The van der Waals surface area contributed by atoms with Gasteiger partial charge in [0.05, 0.1) is 24.8 Å². The fraction of sp³-hybridized carbons (Fsp3) is 0.286. The van der Waals surface area contributed by atoms with Crippen molar-refractivity contribution >= 4 is 40.8 Å². The third-order valence-electron chi connectivity index (χ3n) is 3.70. The molecule has 0 unspecified atom stereocenters. The SMILES string of the molecule is CC(C)OC(=O)c1ccc(NC(=O)CN(C)CC(=O)Nc2ccc(Cl)cc2)cc1. The van der Waals surface area contributed by atoms with Crippen molar-refractivity contribution in [3.63, 3.8) is 0 Å². The van der Waals surface area contributed by atoms with E-state index in [4.69, 9.17) is 16.3 Å². The van der Waals surface area contributed by atoms with Crippen molar-refractivity contribution in [2.45, 2.75) is 20.0 Å². The lowest BCUT2D eigenvalue weighted by Gasteiger charge is -2.16. The Morgan fingerprint density at radius 2 is 1.34 bits per heavy atom. The molecule has 0 saturated carbocycles. The van der Waals surface area contributed by atoms with Gasteiger partial charge in [0.25, 0.3) is 0 Å². The largest absolute Gasteiger partial charge is 0.459 e. The summed E-state index contributed by atoms with van der Waals surface area (Å²) in [5.74, 6) is -0.927. The fourth-order valence-electron chi connectivity index (χ4n) is 2.45. The van der Waals surface area contributed by atoms with Crippen molar-refractivity contribution in [2.24, 2.45) is 0 Å². The Labute approximate surface area is 175 Å². The number of benzene rings is 2. The Hall–Kier alpha value is -2.90. The average molecular weight is 418 g/mol. The van der Waals surface area contributed by atoms with Crippen LogP contribution in [-0.2, 0) is 14.3 Å². The molecule has 0 radical (unpaired) electrons. The summed E-state index contributed by atoms with van der Waals surface area (Å²) in [6.07, 6.45) is -0.200. The van der Waals surface area contributed by atoms with Crippen molar-refractivity contribution in [1.82, 2.24) is 4.90 Å². The summed E-state index contributed by atoms with van der Waals surface area (Å²) in [5.41, 5.74) is 1.59. The van der Waals surface area contributed by atoms with Gasteiger partial charge in [-0.05, 0) is 69.4 Å². The van der Waals surface area contributed by atoms with Crippen LogP contribution in [0.4, 0.5) is 11.4 Å². The number of rotatable bonds is 8. The Bertz CT molecular complexity index is 851. The molecule has 0 saturated heterocycles. The maximum atomic E-state index is 12.2. The summed E-state index contributed by atoms with van der Waals surface area (Å²) in [6, 6.07) is 13.2. The van der Waals surface area contributed by atoms with Crippen molar-refractivity contribution in [2.75, 3.05) is 30.8 Å². The van der Waals surface area contributed by atoms with E-state index < -0.39 is 5.97 Å². The number of esters is 1. The summed E-state index contributed by atoms with van der Waals surface area (Å²) < 4.78 is 5.12. The van der Waals surface area contributed by atoms with Gasteiger partial charge in [-0.15, -0.1) is 0 Å². The van der Waals surface area contributed by atoms with Gasteiger partial charge in [-0.2, -0.15) is 0 Å². The highest BCUT2D eigenvalue weighted by Gasteiger charge is 2.12. The second kappa shape index (κ2) is 10.6. The van der Waals surface area contributed by atoms with Crippen LogP contribution in [0.3, 0.4) is 0 Å². The zero-order valence-corrected chi connectivity index (χ0v) is 17.3. The minimum absolute atomic E-state index is 0.0329. The normalized spacial score (nSPS) is 10.7. The van der Waals surface area contributed by atoms with E-state index in [2.05, 4.69) is 10.6 Å². The Morgan fingerprint density at radius 3 is 1.79 bits per heavy atom. The highest BCUT2D eigenvalue weighted by molar-refractivity contribution is 6.30. The van der Waals surface area contributed by atoms with Gasteiger partial charge >= 0.3 is 5.97 Å². The summed E-state index contributed by atoms with van der Waals surface area (Å²) in [4.78, 5) is 37.7. The predicted molar refractivity (Wildman–Crippen MR) is 113 cm³/mol. The van der Waals surface area contributed by atoms with E-state index in [0.29, 0.717) is 22.0 Å². The van der Waals surface area contributed by atoms with Gasteiger partial charge in [0.2, 0.25) is 11.8 Å². The third kappa shape index (κ3) is 7.93. The van der Waals surface area contributed by atoms with Crippen LogP contribution in [0.15, 0.2) is 48.5 Å². The molecule has 8 heteroatoms. The molecule has 2 aromatic rings. The van der Waals surface area contributed by atoms with E-state index in [0.717, 1.165) is 0 Å². The van der Waals surface area contributed by atoms with Gasteiger partial charge in [0.15, 0.2) is 0 Å². The number of likely N-dealkylation sites (N-methyl/N-ethyl adjacent to an activating group) is 1. The molecule has 2 rings (SSSR count). The fourth-order valence-corrected chi connectivity index (χ4v) is 2.58. The van der Waals surface area contributed by atoms with Gasteiger partial charge in [-0.25, -0.2) is 4.79 Å². The molecule has 0 fully saturated rings. The van der Waals surface area contributed by atoms with E-state index in [1.54, 1.807) is 74.3 Å². The molecular formula is C21H24ClN3O4. The average Bonchev–Trinajstić information content (AvgIpc) is 2.63. The van der Waals surface area contributed by atoms with E-state index >= 15 is 0 Å². The lowest BCUT2D eigenvalue weighted by Crippen LogP contribution is -2.36. The molecular weight excluding hydrogens is 394 g/mol. The minimum Gasteiger partial charge on any atom is -0.459 e. The summed E-state index contributed by atoms with van der Waals surface area (Å²) in [7, 11) is 1.67. The van der Waals surface area contributed by atoms with Crippen LogP contribution in [0.25, 0.3) is 0 Å². The molecule has 7 nitrogen and oxygen atoms in total. The number of hydrogen-bond donors (Lipinski definition) is 2. The standard InChI is InChI=1S/C21H24ClN3O4/c1-14(2)29-21(28)15-4-8-17(9-5-15)23-19(26)12-25(3)13-20(27)24-18-10-6-16(22)7-11-18/h4-11,14H,12-13H2,1-3H3,(H,23,26)(H,24,27). The molecule has 154 valence electrons. The number of amides is 2. The number of nitrogens with one attached hydrogen (secondary N) is 2. The van der Waals surface area contributed by atoms with E-state index in [-0.39, 0.29) is 31.0 Å². The predicted octanol–water partition coefficient (Wildman–Crippen LogP) is 3.41. The van der Waals surface area contributed by atoms with Crippen LogP contribution in [0.1, 0.15) is 24.2 Å². The van der Waals surface area contributed by atoms with Crippen LogP contribution < -0.4 is 10.6 Å². The molecule has 2 N–H and O–H groups in total. The smallest absolute Gasteiger partial charge is 0.338 e. The molecule has 0 heterocycles. The summed E-state index contributed by atoms with van der Waals surface area (Å²) >= 11 is 5.81. The third-order valence-corrected chi connectivity index (χ3v) is 3.95. The Morgan fingerprint density at radius 1 is 0.897 bits per heavy atom. The van der Waals surface area contributed by atoms with Crippen molar-refractivity contribution in [1.29, 1.82) is 0 Å². The Kier molecular flexibility index (Phi) is 8.18. The summed E-state index contributed by atoms with van der Waals surface area (Å²) in [5, 5.41) is 6.05. The van der Waals surface area contributed by atoms with E-state index in [9.17, 15) is 14.4 Å². The van der Waals surface area contributed by atoms with Gasteiger partial charge in [0, 0.05) is 16.4 Å². The molecule has 29 heavy (non-hydrogen) atoms. The topological polar surface area (TPSA) is 87.7 Å². The van der Waals surface area contributed by atoms with Crippen molar-refractivity contribution in [3.05, 3.63) is 59.1 Å². The molecule has 0 bridgehead atoms. The van der Waals surface area contributed by atoms with Crippen molar-refractivity contribution in [3.8, 4) is 0 Å². The second-order valence-electron chi connectivity index (χ2n) is 6.81. The monoisotopic (exact) mass is 417 g/mol. The number of halogens is 1. The van der Waals surface area contributed by atoms with Gasteiger partial charge in [-0.3, -0.25) is 14.5 Å². The molecule has 0 aromatic heterocycles. The number of hydrogen-bond acceptors (Lipinski definition) is 5. The van der Waals surface area contributed by atoms with Crippen LogP contribution in [0.5, 0.6) is 0 Å². The van der Waals surface area contributed by atoms with Crippen LogP contribution in [-0.4, -0.2) is 48.9 Å². The molecule has 0 atom stereocenters. The molecule has 0 spiro atoms.